The average Bonchev–Trinajstić information content (AvgIpc) is 2.23. The molecule has 0 aliphatic heterocycles. The Bertz CT molecular complexity index is 440. The van der Waals surface area contributed by atoms with E-state index in [0.717, 1.165) is 19.3 Å². The molecular weight excluding hydrogens is 222 g/mol. The quantitative estimate of drug-likeness (QED) is 0.781. The van der Waals surface area contributed by atoms with Gasteiger partial charge in [0.25, 0.3) is 0 Å². The standard InChI is InChI=1S/C12H15NO4/c1-16-10-6-7(13)5-9(12(14)15)11(10)17-8-3-2-4-8/h5-6,8H,2-4,13H2,1H3,(H,14,15). The van der Waals surface area contributed by atoms with Crippen molar-refractivity contribution < 1.29 is 19.4 Å². The predicted molar refractivity (Wildman–Crippen MR) is 62.6 cm³/mol. The van der Waals surface area contributed by atoms with Crippen molar-refractivity contribution in [3.63, 3.8) is 0 Å². The molecule has 2 rings (SSSR count). The lowest BCUT2D eigenvalue weighted by molar-refractivity contribution is 0.0677. The molecule has 5 nitrogen and oxygen atoms in total. The molecule has 0 amide bonds. The monoisotopic (exact) mass is 237 g/mol. The summed E-state index contributed by atoms with van der Waals surface area (Å²) in [6.07, 6.45) is 3.11. The van der Waals surface area contributed by atoms with Crippen LogP contribution in [0.4, 0.5) is 5.69 Å². The average molecular weight is 237 g/mol. The SMILES string of the molecule is COc1cc(N)cc(C(=O)O)c1OC1CCC1. The third kappa shape index (κ3) is 2.27. The smallest absolute Gasteiger partial charge is 0.339 e. The number of methoxy groups -OCH3 is 1. The lowest BCUT2D eigenvalue weighted by atomic mass is 9.96. The molecule has 0 aromatic heterocycles. The van der Waals surface area contributed by atoms with E-state index in [2.05, 4.69) is 0 Å². The number of hydrogen-bond donors (Lipinski definition) is 2. The molecule has 0 unspecified atom stereocenters. The summed E-state index contributed by atoms with van der Waals surface area (Å²) in [5.74, 6) is -0.418. The second-order valence-electron chi connectivity index (χ2n) is 4.08. The first-order chi connectivity index (χ1) is 8.11. The Morgan fingerprint density at radius 3 is 2.65 bits per heavy atom. The van der Waals surface area contributed by atoms with Crippen molar-refractivity contribution in [3.05, 3.63) is 17.7 Å². The highest BCUT2D eigenvalue weighted by atomic mass is 16.5. The van der Waals surface area contributed by atoms with Gasteiger partial charge in [-0.3, -0.25) is 0 Å². The van der Waals surface area contributed by atoms with Gasteiger partial charge in [0.05, 0.1) is 13.2 Å². The molecule has 0 heterocycles. The van der Waals surface area contributed by atoms with Crippen molar-refractivity contribution >= 4 is 11.7 Å². The van der Waals surface area contributed by atoms with Crippen LogP contribution in [0.2, 0.25) is 0 Å². The molecule has 1 aromatic carbocycles. The van der Waals surface area contributed by atoms with Gasteiger partial charge in [0.15, 0.2) is 11.5 Å². The lowest BCUT2D eigenvalue weighted by Crippen LogP contribution is -2.25. The van der Waals surface area contributed by atoms with Gasteiger partial charge in [-0.2, -0.15) is 0 Å². The van der Waals surface area contributed by atoms with Gasteiger partial charge in [-0.15, -0.1) is 0 Å². The molecule has 1 fully saturated rings. The molecule has 92 valence electrons. The zero-order valence-corrected chi connectivity index (χ0v) is 9.60. The van der Waals surface area contributed by atoms with E-state index >= 15 is 0 Å². The number of nitrogen functional groups attached to an aromatic ring is 1. The van der Waals surface area contributed by atoms with Gasteiger partial charge in [0, 0.05) is 11.8 Å². The van der Waals surface area contributed by atoms with E-state index in [4.69, 9.17) is 20.3 Å². The highest BCUT2D eigenvalue weighted by molar-refractivity contribution is 5.93. The van der Waals surface area contributed by atoms with Crippen LogP contribution in [0, 0.1) is 0 Å². The second-order valence-corrected chi connectivity index (χ2v) is 4.08. The van der Waals surface area contributed by atoms with Crippen molar-refractivity contribution in [2.75, 3.05) is 12.8 Å². The Morgan fingerprint density at radius 2 is 2.18 bits per heavy atom. The number of carbonyl (C=O) groups is 1. The van der Waals surface area contributed by atoms with Crippen LogP contribution < -0.4 is 15.2 Å². The van der Waals surface area contributed by atoms with Gasteiger partial charge in [-0.05, 0) is 25.3 Å². The Hall–Kier alpha value is -1.91. The summed E-state index contributed by atoms with van der Waals surface area (Å²) in [6.45, 7) is 0. The Balaban J connectivity index is 2.39. The van der Waals surface area contributed by atoms with E-state index in [1.807, 2.05) is 0 Å². The highest BCUT2D eigenvalue weighted by Gasteiger charge is 2.25. The molecule has 0 bridgehead atoms. The number of aromatic carboxylic acids is 1. The summed E-state index contributed by atoms with van der Waals surface area (Å²) in [5, 5.41) is 9.12. The molecule has 5 heteroatoms. The Labute approximate surface area is 99.1 Å². The third-order valence-corrected chi connectivity index (χ3v) is 2.86. The molecule has 1 saturated carbocycles. The molecule has 17 heavy (non-hydrogen) atoms. The molecular formula is C12H15NO4. The van der Waals surface area contributed by atoms with E-state index in [1.165, 1.54) is 13.2 Å². The minimum Gasteiger partial charge on any atom is -0.493 e. The molecule has 1 aliphatic rings. The molecule has 1 aromatic rings. The van der Waals surface area contributed by atoms with Crippen molar-refractivity contribution in [1.29, 1.82) is 0 Å². The maximum Gasteiger partial charge on any atom is 0.339 e. The van der Waals surface area contributed by atoms with E-state index < -0.39 is 5.97 Å². The fourth-order valence-corrected chi connectivity index (χ4v) is 1.71. The molecule has 0 atom stereocenters. The zero-order valence-electron chi connectivity index (χ0n) is 9.60. The van der Waals surface area contributed by atoms with Gasteiger partial charge in [0.2, 0.25) is 0 Å². The van der Waals surface area contributed by atoms with Gasteiger partial charge < -0.3 is 20.3 Å². The molecule has 0 spiro atoms. The van der Waals surface area contributed by atoms with E-state index in [1.54, 1.807) is 6.07 Å². The zero-order chi connectivity index (χ0) is 12.4. The first-order valence-corrected chi connectivity index (χ1v) is 5.49. The summed E-state index contributed by atoms with van der Waals surface area (Å²) >= 11 is 0. The predicted octanol–water partition coefficient (Wildman–Crippen LogP) is 1.91. The van der Waals surface area contributed by atoms with Crippen LogP contribution >= 0.6 is 0 Å². The Kier molecular flexibility index (Phi) is 3.08. The van der Waals surface area contributed by atoms with Gasteiger partial charge in [0.1, 0.15) is 5.56 Å². The summed E-state index contributed by atoms with van der Waals surface area (Å²) in [6, 6.07) is 2.96. The minimum absolute atomic E-state index is 0.0498. The van der Waals surface area contributed by atoms with Crippen LogP contribution in [-0.4, -0.2) is 24.3 Å². The van der Waals surface area contributed by atoms with Crippen LogP contribution in [0.15, 0.2) is 12.1 Å². The van der Waals surface area contributed by atoms with Crippen molar-refractivity contribution in [2.24, 2.45) is 0 Å². The first-order valence-electron chi connectivity index (χ1n) is 5.49. The number of anilines is 1. The fourth-order valence-electron chi connectivity index (χ4n) is 1.71. The summed E-state index contributed by atoms with van der Waals surface area (Å²) in [4.78, 5) is 11.1. The number of nitrogens with two attached hydrogens (primary N) is 1. The number of ether oxygens (including phenoxy) is 2. The summed E-state index contributed by atoms with van der Waals surface area (Å²) in [7, 11) is 1.47. The van der Waals surface area contributed by atoms with Crippen LogP contribution in [0.3, 0.4) is 0 Å². The molecule has 3 N–H and O–H groups in total. The number of carboxylic acid groups (broad SMARTS) is 1. The number of rotatable bonds is 4. The van der Waals surface area contributed by atoms with Crippen molar-refractivity contribution in [3.8, 4) is 11.5 Å². The lowest BCUT2D eigenvalue weighted by Gasteiger charge is -2.28. The maximum atomic E-state index is 11.1. The van der Waals surface area contributed by atoms with Crippen LogP contribution in [0.1, 0.15) is 29.6 Å². The fraction of sp³-hybridized carbons (Fsp3) is 0.417. The first kappa shape index (κ1) is 11.6. The minimum atomic E-state index is -1.06. The second kappa shape index (κ2) is 4.53. The third-order valence-electron chi connectivity index (χ3n) is 2.86. The van der Waals surface area contributed by atoms with Crippen molar-refractivity contribution in [1.82, 2.24) is 0 Å². The highest BCUT2D eigenvalue weighted by Crippen LogP contribution is 2.37. The number of carboxylic acids is 1. The van der Waals surface area contributed by atoms with Crippen LogP contribution in [-0.2, 0) is 0 Å². The Morgan fingerprint density at radius 1 is 1.47 bits per heavy atom. The van der Waals surface area contributed by atoms with Gasteiger partial charge in [-0.25, -0.2) is 4.79 Å². The summed E-state index contributed by atoms with van der Waals surface area (Å²) in [5.41, 5.74) is 6.02. The van der Waals surface area contributed by atoms with E-state index in [0.29, 0.717) is 11.4 Å². The normalized spacial score (nSPS) is 15.1. The number of benzene rings is 1. The topological polar surface area (TPSA) is 81.8 Å². The molecule has 0 radical (unpaired) electrons. The van der Waals surface area contributed by atoms with Gasteiger partial charge >= 0.3 is 5.97 Å². The largest absolute Gasteiger partial charge is 0.493 e. The van der Waals surface area contributed by atoms with Crippen LogP contribution in [0.25, 0.3) is 0 Å². The maximum absolute atomic E-state index is 11.1. The van der Waals surface area contributed by atoms with Gasteiger partial charge in [-0.1, -0.05) is 0 Å². The van der Waals surface area contributed by atoms with E-state index in [-0.39, 0.29) is 17.4 Å². The van der Waals surface area contributed by atoms with Crippen LogP contribution in [0.5, 0.6) is 11.5 Å². The molecule has 0 saturated heterocycles. The molecule has 1 aliphatic carbocycles. The summed E-state index contributed by atoms with van der Waals surface area (Å²) < 4.78 is 10.8. The van der Waals surface area contributed by atoms with Crippen molar-refractivity contribution in [2.45, 2.75) is 25.4 Å². The number of hydrogen-bond acceptors (Lipinski definition) is 4. The van der Waals surface area contributed by atoms with E-state index in [9.17, 15) is 4.79 Å².